The number of rotatable bonds is 12. The number of imidazole rings is 1. The van der Waals surface area contributed by atoms with Crippen molar-refractivity contribution in [1.29, 1.82) is 0 Å². The largest absolute Gasteiger partial charge is 0.392 e. The SMILES string of the molecule is Cc1nn(CC2CC2(F)F)c(C)c1-c1ccc(-c2cnc(C(=O)Nc3ccc(C(=O)N4CCN(C(=O)CC[C@@H](O)CN(C)C)CC4)c(Cl)c3)n2C)c(F)c1F. The normalized spacial score (nSPS) is 17.1. The highest BCUT2D eigenvalue weighted by Gasteiger charge is 2.57. The molecule has 1 unspecified atom stereocenters. The molecule has 4 aromatic rings. The first kappa shape index (κ1) is 39.9. The molecule has 2 fully saturated rings. The van der Waals surface area contributed by atoms with E-state index >= 15 is 8.78 Å². The van der Waals surface area contributed by atoms with Crippen molar-refractivity contribution in [3.05, 3.63) is 76.0 Å². The van der Waals surface area contributed by atoms with E-state index in [0.717, 1.165) is 0 Å². The van der Waals surface area contributed by atoms with Gasteiger partial charge in [0, 0.05) is 93.1 Å². The van der Waals surface area contributed by atoms with Crippen LogP contribution < -0.4 is 5.32 Å². The summed E-state index contributed by atoms with van der Waals surface area (Å²) in [6.45, 7) is 5.00. The Bertz CT molecular complexity index is 2130. The van der Waals surface area contributed by atoms with Gasteiger partial charge in [-0.1, -0.05) is 17.7 Å². The minimum Gasteiger partial charge on any atom is -0.392 e. The molecule has 0 spiro atoms. The molecule has 2 aromatic carbocycles. The monoisotopic (exact) mass is 786 g/mol. The molecule has 1 saturated carbocycles. The van der Waals surface area contributed by atoms with Crippen LogP contribution in [0.15, 0.2) is 36.5 Å². The first-order chi connectivity index (χ1) is 26.0. The molecule has 3 amide bonds. The lowest BCUT2D eigenvalue weighted by Crippen LogP contribution is -2.50. The molecule has 3 heterocycles. The Balaban J connectivity index is 1.08. The van der Waals surface area contributed by atoms with Crippen LogP contribution in [-0.4, -0.2) is 116 Å². The van der Waals surface area contributed by atoms with Crippen molar-refractivity contribution < 1.29 is 37.1 Å². The third kappa shape index (κ3) is 8.40. The topological polar surface area (TPSA) is 129 Å². The number of aliphatic hydroxyl groups is 1. The summed E-state index contributed by atoms with van der Waals surface area (Å²) in [6.07, 6.45) is 0.980. The van der Waals surface area contributed by atoms with Crippen molar-refractivity contribution in [3.8, 4) is 22.4 Å². The minimum absolute atomic E-state index is 0.0238. The minimum atomic E-state index is -2.75. The van der Waals surface area contributed by atoms with Crippen LogP contribution in [-0.2, 0) is 18.4 Å². The first-order valence-electron chi connectivity index (χ1n) is 17.9. The van der Waals surface area contributed by atoms with E-state index in [4.69, 9.17) is 11.6 Å². The van der Waals surface area contributed by atoms with Crippen LogP contribution in [0, 0.1) is 31.4 Å². The maximum Gasteiger partial charge on any atom is 0.291 e. The van der Waals surface area contributed by atoms with E-state index in [2.05, 4.69) is 15.4 Å². The summed E-state index contributed by atoms with van der Waals surface area (Å²) < 4.78 is 61.1. The summed E-state index contributed by atoms with van der Waals surface area (Å²) in [4.78, 5) is 48.5. The molecule has 1 saturated heterocycles. The van der Waals surface area contributed by atoms with E-state index in [0.29, 0.717) is 56.1 Å². The highest BCUT2D eigenvalue weighted by molar-refractivity contribution is 6.34. The summed E-state index contributed by atoms with van der Waals surface area (Å²) in [5.74, 6) is -7.11. The zero-order valence-electron chi connectivity index (χ0n) is 31.2. The number of amides is 3. The van der Waals surface area contributed by atoms with Crippen LogP contribution in [0.4, 0.5) is 23.2 Å². The van der Waals surface area contributed by atoms with Crippen LogP contribution in [0.2, 0.25) is 5.02 Å². The van der Waals surface area contributed by atoms with E-state index in [1.54, 1.807) is 23.6 Å². The molecule has 294 valence electrons. The van der Waals surface area contributed by atoms with E-state index in [-0.39, 0.29) is 70.1 Å². The van der Waals surface area contributed by atoms with Crippen molar-refractivity contribution in [2.45, 2.75) is 51.7 Å². The number of aromatic nitrogens is 4. The number of nitrogens with zero attached hydrogens (tertiary/aromatic N) is 7. The third-order valence-electron chi connectivity index (χ3n) is 10.2. The van der Waals surface area contributed by atoms with Gasteiger partial charge < -0.3 is 29.7 Å². The molecule has 0 bridgehead atoms. The van der Waals surface area contributed by atoms with Crippen molar-refractivity contribution in [1.82, 2.24) is 34.0 Å². The van der Waals surface area contributed by atoms with Crippen LogP contribution in [0.1, 0.15) is 51.6 Å². The van der Waals surface area contributed by atoms with Crippen molar-refractivity contribution >= 4 is 35.0 Å². The summed E-state index contributed by atoms with van der Waals surface area (Å²) >= 11 is 6.50. The zero-order valence-corrected chi connectivity index (χ0v) is 31.9. The standard InChI is InChI=1S/C38H43ClF4N8O4/c1-21-32(22(2)51(46-21)19-23-17-38(23,42)43)28-10-9-27(33(40)34(28)41)30-18-44-35(48(30)5)36(54)45-24-6-8-26(29(39)16-24)37(55)50-14-12-49(13-15-50)31(53)11-7-25(52)20-47(3)4/h6,8-10,16,18,23,25,52H,7,11-15,17,19-20H2,1-5H3,(H,45,54)/t23?,25-/m1/s1. The number of alkyl halides is 2. The van der Waals surface area contributed by atoms with Gasteiger partial charge in [-0.2, -0.15) is 5.10 Å². The predicted octanol–water partition coefficient (Wildman–Crippen LogP) is 5.39. The molecular formula is C38H43ClF4N8O4. The lowest BCUT2D eigenvalue weighted by atomic mass is 10.00. The van der Waals surface area contributed by atoms with Gasteiger partial charge in [-0.05, 0) is 58.6 Å². The zero-order chi connectivity index (χ0) is 39.9. The maximum atomic E-state index is 15.7. The number of carbonyl (C=O) groups excluding carboxylic acids is 3. The van der Waals surface area contributed by atoms with Gasteiger partial charge in [-0.3, -0.25) is 19.1 Å². The summed E-state index contributed by atoms with van der Waals surface area (Å²) in [7, 11) is 5.17. The number of likely N-dealkylation sites (N-methyl/N-ethyl adjacent to an activating group) is 1. The summed E-state index contributed by atoms with van der Waals surface area (Å²) in [5.41, 5.74) is 1.53. The smallest absolute Gasteiger partial charge is 0.291 e. The molecule has 17 heteroatoms. The number of aliphatic hydroxyl groups excluding tert-OH is 1. The molecule has 2 aliphatic rings. The fraction of sp³-hybridized carbons (Fsp3) is 0.447. The Hall–Kier alpha value is -4.80. The van der Waals surface area contributed by atoms with E-state index < -0.39 is 35.5 Å². The number of piperazine rings is 1. The van der Waals surface area contributed by atoms with Gasteiger partial charge >= 0.3 is 0 Å². The number of halogens is 5. The first-order valence-corrected chi connectivity index (χ1v) is 18.3. The van der Waals surface area contributed by atoms with Gasteiger partial charge in [0.15, 0.2) is 17.5 Å². The van der Waals surface area contributed by atoms with Crippen LogP contribution >= 0.6 is 11.6 Å². The fourth-order valence-corrected chi connectivity index (χ4v) is 7.26. The second kappa shape index (κ2) is 15.7. The third-order valence-corrected chi connectivity index (χ3v) is 10.5. The lowest BCUT2D eigenvalue weighted by Gasteiger charge is -2.35. The van der Waals surface area contributed by atoms with E-state index in [1.807, 2.05) is 19.0 Å². The average Bonchev–Trinajstić information content (AvgIpc) is 3.39. The molecule has 1 aliphatic carbocycles. The van der Waals surface area contributed by atoms with Crippen molar-refractivity contribution in [3.63, 3.8) is 0 Å². The van der Waals surface area contributed by atoms with Gasteiger partial charge in [-0.15, -0.1) is 0 Å². The number of hydrogen-bond acceptors (Lipinski definition) is 7. The summed E-state index contributed by atoms with van der Waals surface area (Å²) in [5, 5.41) is 17.1. The van der Waals surface area contributed by atoms with Crippen molar-refractivity contribution in [2.24, 2.45) is 13.0 Å². The van der Waals surface area contributed by atoms with Crippen molar-refractivity contribution in [2.75, 3.05) is 52.1 Å². The highest BCUT2D eigenvalue weighted by atomic mass is 35.5. The molecule has 2 aromatic heterocycles. The highest BCUT2D eigenvalue weighted by Crippen LogP contribution is 2.50. The second-order valence-electron chi connectivity index (χ2n) is 14.5. The van der Waals surface area contributed by atoms with Crippen LogP contribution in [0.3, 0.4) is 0 Å². The molecule has 2 atom stereocenters. The number of aryl methyl sites for hydroxylation is 1. The van der Waals surface area contributed by atoms with Gasteiger partial charge in [0.25, 0.3) is 17.7 Å². The number of benzene rings is 2. The molecule has 12 nitrogen and oxygen atoms in total. The van der Waals surface area contributed by atoms with Gasteiger partial charge in [0.05, 0.1) is 34.3 Å². The fourth-order valence-electron chi connectivity index (χ4n) is 7.00. The van der Waals surface area contributed by atoms with Gasteiger partial charge in [-0.25, -0.2) is 22.5 Å². The molecule has 1 aliphatic heterocycles. The quantitative estimate of drug-likeness (QED) is 0.184. The average molecular weight is 787 g/mol. The van der Waals surface area contributed by atoms with Crippen LogP contribution in [0.5, 0.6) is 0 Å². The van der Waals surface area contributed by atoms with E-state index in [9.17, 15) is 28.3 Å². The Morgan fingerprint density at radius 1 is 1.04 bits per heavy atom. The molecule has 0 radical (unpaired) electrons. The van der Waals surface area contributed by atoms with Crippen LogP contribution in [0.25, 0.3) is 22.4 Å². The van der Waals surface area contributed by atoms with Gasteiger partial charge in [0.1, 0.15) is 0 Å². The second-order valence-corrected chi connectivity index (χ2v) is 14.9. The molecular weight excluding hydrogens is 744 g/mol. The Morgan fingerprint density at radius 3 is 2.31 bits per heavy atom. The van der Waals surface area contributed by atoms with Gasteiger partial charge in [0.2, 0.25) is 5.91 Å². The number of carbonyl (C=O) groups is 3. The predicted molar refractivity (Wildman–Crippen MR) is 198 cm³/mol. The lowest BCUT2D eigenvalue weighted by molar-refractivity contribution is -0.133. The summed E-state index contributed by atoms with van der Waals surface area (Å²) in [6, 6.07) is 7.17. The number of hydrogen-bond donors (Lipinski definition) is 2. The number of anilines is 1. The van der Waals surface area contributed by atoms with E-state index in [1.165, 1.54) is 52.8 Å². The Kier molecular flexibility index (Phi) is 11.4. The number of nitrogens with one attached hydrogen (secondary N) is 1. The molecule has 6 rings (SSSR count). The maximum absolute atomic E-state index is 15.7. The Labute approximate surface area is 320 Å². The Morgan fingerprint density at radius 2 is 1.67 bits per heavy atom. The molecule has 2 N–H and O–H groups in total. The molecule has 55 heavy (non-hydrogen) atoms.